The quantitative estimate of drug-likeness (QED) is 0.849. The topological polar surface area (TPSA) is 29.3 Å². The lowest BCUT2D eigenvalue weighted by Crippen LogP contribution is -2.41. The Bertz CT molecular complexity index is 430. The van der Waals surface area contributed by atoms with Crippen molar-refractivity contribution in [2.45, 2.75) is 39.3 Å². The summed E-state index contributed by atoms with van der Waals surface area (Å²) in [5.74, 6) is 0.789. The van der Waals surface area contributed by atoms with Gasteiger partial charge in [-0.2, -0.15) is 0 Å². The Balaban J connectivity index is 2.08. The Morgan fingerprint density at radius 1 is 1.44 bits per heavy atom. The molecule has 1 heterocycles. The lowest BCUT2D eigenvalue weighted by Gasteiger charge is -2.38. The maximum atomic E-state index is 5.68. The molecule has 0 spiro atoms. The third kappa shape index (κ3) is 3.09. The van der Waals surface area contributed by atoms with E-state index in [-0.39, 0.29) is 0 Å². The second-order valence-corrected chi connectivity index (χ2v) is 5.84. The van der Waals surface area contributed by atoms with E-state index < -0.39 is 0 Å². The first-order chi connectivity index (χ1) is 8.58. The predicted octanol–water partition coefficient (Wildman–Crippen LogP) is 2.94. The van der Waals surface area contributed by atoms with Crippen molar-refractivity contribution in [1.29, 1.82) is 0 Å². The van der Waals surface area contributed by atoms with Gasteiger partial charge in [0.25, 0.3) is 0 Å². The molecule has 2 atom stereocenters. The van der Waals surface area contributed by atoms with Crippen molar-refractivity contribution >= 4 is 17.2 Å². The van der Waals surface area contributed by atoms with Crippen LogP contribution in [-0.2, 0) is 6.54 Å². The second kappa shape index (κ2) is 5.81. The summed E-state index contributed by atoms with van der Waals surface area (Å²) in [5, 5.41) is 0. The normalized spacial score (nSPS) is 25.0. The first kappa shape index (κ1) is 13.5. The first-order valence-electron chi connectivity index (χ1n) is 6.70. The van der Waals surface area contributed by atoms with E-state index in [1.165, 1.54) is 24.9 Å². The molecule has 1 aliphatic heterocycles. The van der Waals surface area contributed by atoms with Gasteiger partial charge in [0.1, 0.15) is 4.99 Å². The van der Waals surface area contributed by atoms with Crippen molar-refractivity contribution in [3.8, 4) is 0 Å². The van der Waals surface area contributed by atoms with Gasteiger partial charge in [-0.15, -0.1) is 0 Å². The van der Waals surface area contributed by atoms with Gasteiger partial charge in [-0.3, -0.25) is 4.90 Å². The molecule has 0 saturated carbocycles. The van der Waals surface area contributed by atoms with Crippen LogP contribution in [0.3, 0.4) is 0 Å². The molecule has 18 heavy (non-hydrogen) atoms. The number of benzene rings is 1. The fourth-order valence-electron chi connectivity index (χ4n) is 2.70. The molecule has 2 rings (SSSR count). The zero-order valence-electron chi connectivity index (χ0n) is 11.2. The van der Waals surface area contributed by atoms with E-state index in [0.717, 1.165) is 18.0 Å². The summed E-state index contributed by atoms with van der Waals surface area (Å²) < 4.78 is 0. The van der Waals surface area contributed by atoms with Crippen molar-refractivity contribution < 1.29 is 0 Å². The van der Waals surface area contributed by atoms with Crippen LogP contribution in [-0.4, -0.2) is 22.5 Å². The number of hydrogen-bond donors (Lipinski definition) is 1. The molecule has 1 aromatic rings. The molecule has 1 fully saturated rings. The number of rotatable bonds is 3. The highest BCUT2D eigenvalue weighted by molar-refractivity contribution is 7.80. The van der Waals surface area contributed by atoms with Gasteiger partial charge in [0, 0.05) is 18.2 Å². The fraction of sp³-hybridized carbons (Fsp3) is 0.533. The first-order valence-corrected chi connectivity index (χ1v) is 7.11. The van der Waals surface area contributed by atoms with Crippen LogP contribution in [0.4, 0.5) is 0 Å². The summed E-state index contributed by atoms with van der Waals surface area (Å²) >= 11 is 5.03. The van der Waals surface area contributed by atoms with E-state index >= 15 is 0 Å². The molecule has 0 bridgehead atoms. The maximum absolute atomic E-state index is 5.68. The Labute approximate surface area is 115 Å². The lowest BCUT2D eigenvalue weighted by molar-refractivity contribution is 0.106. The summed E-state index contributed by atoms with van der Waals surface area (Å²) in [4.78, 5) is 3.05. The van der Waals surface area contributed by atoms with Crippen LogP contribution in [0.1, 0.15) is 37.8 Å². The Morgan fingerprint density at radius 3 is 2.94 bits per heavy atom. The Morgan fingerprint density at radius 2 is 2.22 bits per heavy atom. The molecule has 2 nitrogen and oxygen atoms in total. The summed E-state index contributed by atoms with van der Waals surface area (Å²) in [6.07, 6.45) is 2.66. The van der Waals surface area contributed by atoms with Gasteiger partial charge < -0.3 is 5.73 Å². The number of piperidine rings is 1. The molecule has 2 unspecified atom stereocenters. The van der Waals surface area contributed by atoms with E-state index in [9.17, 15) is 0 Å². The largest absolute Gasteiger partial charge is 0.389 e. The van der Waals surface area contributed by atoms with E-state index in [1.54, 1.807) is 0 Å². The van der Waals surface area contributed by atoms with Gasteiger partial charge in [0.05, 0.1) is 0 Å². The highest BCUT2D eigenvalue weighted by Crippen LogP contribution is 2.24. The number of thiocarbonyl (C=S) groups is 1. The smallest absolute Gasteiger partial charge is 0.103 e. The standard InChI is InChI=1S/C15H22N2S/c1-11-5-4-8-17(12(11)2)10-13-6-3-7-14(9-13)15(16)18/h3,6-7,9,11-12H,4-5,8,10H2,1-2H3,(H2,16,18). The van der Waals surface area contributed by atoms with Crippen LogP contribution in [0, 0.1) is 5.92 Å². The number of nitrogens with zero attached hydrogens (tertiary/aromatic N) is 1. The van der Waals surface area contributed by atoms with Crippen molar-refractivity contribution in [3.63, 3.8) is 0 Å². The molecule has 2 N–H and O–H groups in total. The van der Waals surface area contributed by atoms with Crippen molar-refractivity contribution in [3.05, 3.63) is 35.4 Å². The van der Waals surface area contributed by atoms with Crippen molar-refractivity contribution in [1.82, 2.24) is 4.90 Å². The van der Waals surface area contributed by atoms with Crippen LogP contribution in [0.15, 0.2) is 24.3 Å². The fourth-order valence-corrected chi connectivity index (χ4v) is 2.83. The van der Waals surface area contributed by atoms with Gasteiger partial charge in [-0.1, -0.05) is 37.3 Å². The summed E-state index contributed by atoms with van der Waals surface area (Å²) in [7, 11) is 0. The molecule has 0 radical (unpaired) electrons. The highest BCUT2D eigenvalue weighted by Gasteiger charge is 2.24. The summed E-state index contributed by atoms with van der Waals surface area (Å²) in [5.41, 5.74) is 7.96. The molecular formula is C15H22N2S. The number of nitrogens with two attached hydrogens (primary N) is 1. The molecule has 0 amide bonds. The third-order valence-electron chi connectivity index (χ3n) is 4.10. The molecule has 0 aliphatic carbocycles. The zero-order chi connectivity index (χ0) is 13.1. The number of hydrogen-bond acceptors (Lipinski definition) is 2. The summed E-state index contributed by atoms with van der Waals surface area (Å²) in [6, 6.07) is 8.96. The SMILES string of the molecule is CC1CCCN(Cc2cccc(C(N)=S)c2)C1C. The van der Waals surface area contributed by atoms with Crippen LogP contribution < -0.4 is 5.73 Å². The van der Waals surface area contributed by atoms with E-state index in [4.69, 9.17) is 18.0 Å². The molecule has 1 saturated heterocycles. The molecular weight excluding hydrogens is 240 g/mol. The summed E-state index contributed by atoms with van der Waals surface area (Å²) in [6.45, 7) is 6.88. The molecule has 1 aromatic carbocycles. The van der Waals surface area contributed by atoms with Gasteiger partial charge in [0.15, 0.2) is 0 Å². The monoisotopic (exact) mass is 262 g/mol. The minimum atomic E-state index is 0.483. The highest BCUT2D eigenvalue weighted by atomic mass is 32.1. The van der Waals surface area contributed by atoms with E-state index in [2.05, 4.69) is 30.9 Å². The lowest BCUT2D eigenvalue weighted by atomic mass is 9.91. The average Bonchev–Trinajstić information content (AvgIpc) is 2.35. The van der Waals surface area contributed by atoms with Crippen LogP contribution in [0.5, 0.6) is 0 Å². The van der Waals surface area contributed by atoms with Gasteiger partial charge >= 0.3 is 0 Å². The molecule has 1 aliphatic rings. The van der Waals surface area contributed by atoms with E-state index in [0.29, 0.717) is 11.0 Å². The Kier molecular flexibility index (Phi) is 4.36. The Hall–Kier alpha value is -0.930. The average molecular weight is 262 g/mol. The van der Waals surface area contributed by atoms with Gasteiger partial charge in [-0.05, 0) is 43.9 Å². The van der Waals surface area contributed by atoms with E-state index in [1.807, 2.05) is 12.1 Å². The van der Waals surface area contributed by atoms with Crippen molar-refractivity contribution in [2.24, 2.45) is 11.7 Å². The van der Waals surface area contributed by atoms with Crippen LogP contribution >= 0.6 is 12.2 Å². The maximum Gasteiger partial charge on any atom is 0.103 e. The van der Waals surface area contributed by atoms with Gasteiger partial charge in [-0.25, -0.2) is 0 Å². The minimum Gasteiger partial charge on any atom is -0.389 e. The number of likely N-dealkylation sites (tertiary alicyclic amines) is 1. The molecule has 3 heteroatoms. The minimum absolute atomic E-state index is 0.483. The van der Waals surface area contributed by atoms with Crippen LogP contribution in [0.25, 0.3) is 0 Å². The zero-order valence-corrected chi connectivity index (χ0v) is 12.0. The van der Waals surface area contributed by atoms with Crippen LogP contribution in [0.2, 0.25) is 0 Å². The predicted molar refractivity (Wildman–Crippen MR) is 80.6 cm³/mol. The molecule has 0 aromatic heterocycles. The third-order valence-corrected chi connectivity index (χ3v) is 4.34. The van der Waals surface area contributed by atoms with Crippen molar-refractivity contribution in [2.75, 3.05) is 6.54 Å². The second-order valence-electron chi connectivity index (χ2n) is 5.40. The van der Waals surface area contributed by atoms with Gasteiger partial charge in [0.2, 0.25) is 0 Å². The molecule has 98 valence electrons.